The molecule has 2 aromatic heterocycles. The van der Waals surface area contributed by atoms with Gasteiger partial charge in [-0.05, 0) is 61.7 Å². The van der Waals surface area contributed by atoms with Crippen molar-refractivity contribution < 1.29 is 14.0 Å². The largest absolute Gasteiger partial charge is 0.352 e. The van der Waals surface area contributed by atoms with E-state index in [2.05, 4.69) is 10.3 Å². The van der Waals surface area contributed by atoms with Crippen LogP contribution in [0.15, 0.2) is 79.3 Å². The van der Waals surface area contributed by atoms with Crippen LogP contribution in [0, 0.1) is 18.7 Å². The van der Waals surface area contributed by atoms with E-state index < -0.39 is 0 Å². The Labute approximate surface area is 215 Å². The van der Waals surface area contributed by atoms with Crippen LogP contribution in [0.4, 0.5) is 4.39 Å². The minimum absolute atomic E-state index is 0.000492. The Hall–Kier alpha value is -4.33. The highest BCUT2D eigenvalue weighted by molar-refractivity contribution is 6.00. The van der Waals surface area contributed by atoms with Gasteiger partial charge >= 0.3 is 0 Å². The summed E-state index contributed by atoms with van der Waals surface area (Å²) >= 11 is 0. The molecule has 0 bridgehead atoms. The zero-order valence-electron chi connectivity index (χ0n) is 20.6. The van der Waals surface area contributed by atoms with E-state index in [1.807, 2.05) is 43.3 Å². The van der Waals surface area contributed by atoms with Gasteiger partial charge in [-0.3, -0.25) is 14.6 Å². The third kappa shape index (κ3) is 5.58. The van der Waals surface area contributed by atoms with Crippen LogP contribution in [0.1, 0.15) is 34.3 Å². The monoisotopic (exact) mass is 497 g/mol. The topological polar surface area (TPSA) is 80.1 Å². The lowest BCUT2D eigenvalue weighted by Gasteiger charge is -2.31. The van der Waals surface area contributed by atoms with E-state index in [-0.39, 0.29) is 23.5 Å². The maximum Gasteiger partial charge on any atom is 0.257 e. The van der Waals surface area contributed by atoms with Gasteiger partial charge in [0, 0.05) is 49.7 Å². The highest BCUT2D eigenvalue weighted by Crippen LogP contribution is 2.28. The zero-order chi connectivity index (χ0) is 25.8. The highest BCUT2D eigenvalue weighted by Gasteiger charge is 2.30. The van der Waals surface area contributed by atoms with Gasteiger partial charge in [0.2, 0.25) is 5.91 Å². The molecule has 0 atom stereocenters. The van der Waals surface area contributed by atoms with Crippen LogP contribution >= 0.6 is 0 Å². The van der Waals surface area contributed by atoms with Crippen LogP contribution in [0.5, 0.6) is 0 Å². The maximum atomic E-state index is 13.7. The van der Waals surface area contributed by atoms with Crippen molar-refractivity contribution in [1.82, 2.24) is 25.0 Å². The molecule has 0 radical (unpaired) electrons. The first-order chi connectivity index (χ1) is 18.0. The summed E-state index contributed by atoms with van der Waals surface area (Å²) in [5.74, 6) is -0.600. The Morgan fingerprint density at radius 1 is 1.05 bits per heavy atom. The van der Waals surface area contributed by atoms with Crippen molar-refractivity contribution in [3.05, 3.63) is 102 Å². The SMILES string of the molecule is Cc1cccc(-c2nn(-c3ccc(F)cc3)cc2C(=O)N2CCC(C(=O)NCc3cccnc3)CC2)c1. The van der Waals surface area contributed by atoms with E-state index in [1.54, 1.807) is 40.3 Å². The summed E-state index contributed by atoms with van der Waals surface area (Å²) in [6.45, 7) is 3.40. The molecule has 0 unspecified atom stereocenters. The number of carbonyl (C=O) groups excluding carboxylic acids is 2. The van der Waals surface area contributed by atoms with Gasteiger partial charge in [0.05, 0.1) is 11.3 Å². The molecule has 0 spiro atoms. The summed E-state index contributed by atoms with van der Waals surface area (Å²) in [6, 6.07) is 17.6. The summed E-state index contributed by atoms with van der Waals surface area (Å²) in [7, 11) is 0. The van der Waals surface area contributed by atoms with Gasteiger partial charge < -0.3 is 10.2 Å². The molecule has 1 saturated heterocycles. The number of likely N-dealkylation sites (tertiary alicyclic amines) is 1. The quantitative estimate of drug-likeness (QED) is 0.424. The lowest BCUT2D eigenvalue weighted by Crippen LogP contribution is -2.43. The number of piperidine rings is 1. The van der Waals surface area contributed by atoms with Gasteiger partial charge in [-0.2, -0.15) is 5.10 Å². The summed E-state index contributed by atoms with van der Waals surface area (Å²) < 4.78 is 15.1. The summed E-state index contributed by atoms with van der Waals surface area (Å²) in [5, 5.41) is 7.69. The van der Waals surface area contributed by atoms with Crippen molar-refractivity contribution >= 4 is 11.8 Å². The van der Waals surface area contributed by atoms with Crippen LogP contribution < -0.4 is 5.32 Å². The second-order valence-electron chi connectivity index (χ2n) is 9.33. The van der Waals surface area contributed by atoms with Gasteiger partial charge in [-0.1, -0.05) is 29.8 Å². The first kappa shape index (κ1) is 24.4. The molecule has 4 aromatic rings. The molecule has 1 N–H and O–H groups in total. The number of halogens is 1. The molecular formula is C29H28FN5O2. The molecule has 3 heterocycles. The summed E-state index contributed by atoms with van der Waals surface area (Å²) in [4.78, 5) is 32.2. The number of hydrogen-bond acceptors (Lipinski definition) is 4. The second kappa shape index (κ2) is 10.7. The third-order valence-electron chi connectivity index (χ3n) is 6.67. The molecule has 1 aliphatic heterocycles. The summed E-state index contributed by atoms with van der Waals surface area (Å²) in [5.41, 5.74) is 4.58. The van der Waals surface area contributed by atoms with Gasteiger partial charge in [0.1, 0.15) is 11.5 Å². The predicted octanol–water partition coefficient (Wildman–Crippen LogP) is 4.55. The smallest absolute Gasteiger partial charge is 0.257 e. The van der Waals surface area contributed by atoms with Gasteiger partial charge in [0.15, 0.2) is 0 Å². The predicted molar refractivity (Wildman–Crippen MR) is 138 cm³/mol. The van der Waals surface area contributed by atoms with Gasteiger partial charge in [-0.25, -0.2) is 9.07 Å². The molecule has 188 valence electrons. The van der Waals surface area contributed by atoms with Crippen LogP contribution in [-0.2, 0) is 11.3 Å². The highest BCUT2D eigenvalue weighted by atomic mass is 19.1. The van der Waals surface area contributed by atoms with Gasteiger partial charge in [0.25, 0.3) is 5.91 Å². The number of pyridine rings is 1. The molecule has 2 aromatic carbocycles. The molecule has 37 heavy (non-hydrogen) atoms. The van der Waals surface area contributed by atoms with Crippen LogP contribution in [-0.4, -0.2) is 44.6 Å². The van der Waals surface area contributed by atoms with E-state index in [9.17, 15) is 14.0 Å². The van der Waals surface area contributed by atoms with Crippen molar-refractivity contribution in [2.75, 3.05) is 13.1 Å². The minimum Gasteiger partial charge on any atom is -0.352 e. The molecule has 8 heteroatoms. The second-order valence-corrected chi connectivity index (χ2v) is 9.33. The molecule has 2 amide bonds. The number of amides is 2. The first-order valence-corrected chi connectivity index (χ1v) is 12.4. The number of nitrogens with one attached hydrogen (secondary N) is 1. The standard InChI is InChI=1S/C29H28FN5O2/c1-20-4-2-6-23(16-20)27-26(19-35(33-27)25-9-7-24(30)8-10-25)29(37)34-14-11-22(12-15-34)28(36)32-18-21-5-3-13-31-17-21/h2-10,13,16-17,19,22H,11-12,14-15,18H2,1H3,(H,32,36). The lowest BCUT2D eigenvalue weighted by molar-refractivity contribution is -0.126. The molecule has 1 fully saturated rings. The number of aromatic nitrogens is 3. The number of hydrogen-bond donors (Lipinski definition) is 1. The Morgan fingerprint density at radius 2 is 1.84 bits per heavy atom. The van der Waals surface area contributed by atoms with E-state index in [4.69, 9.17) is 5.10 Å². The zero-order valence-corrected chi connectivity index (χ0v) is 20.6. The Balaban J connectivity index is 1.32. The van der Waals surface area contributed by atoms with Crippen LogP contribution in [0.25, 0.3) is 16.9 Å². The number of aryl methyl sites for hydroxylation is 1. The Morgan fingerprint density at radius 3 is 2.54 bits per heavy atom. The number of carbonyl (C=O) groups is 2. The number of rotatable bonds is 6. The van der Waals surface area contributed by atoms with Crippen LogP contribution in [0.3, 0.4) is 0 Å². The number of benzene rings is 2. The van der Waals surface area contributed by atoms with Crippen molar-refractivity contribution in [1.29, 1.82) is 0 Å². The third-order valence-corrected chi connectivity index (χ3v) is 6.67. The van der Waals surface area contributed by atoms with E-state index >= 15 is 0 Å². The molecule has 1 aliphatic rings. The fourth-order valence-corrected chi connectivity index (χ4v) is 4.61. The first-order valence-electron chi connectivity index (χ1n) is 12.4. The molecule has 5 rings (SSSR count). The van der Waals surface area contributed by atoms with E-state index in [1.165, 1.54) is 12.1 Å². The van der Waals surface area contributed by atoms with E-state index in [0.29, 0.717) is 49.4 Å². The minimum atomic E-state index is -0.335. The van der Waals surface area contributed by atoms with Crippen molar-refractivity contribution in [2.24, 2.45) is 5.92 Å². The van der Waals surface area contributed by atoms with Crippen LogP contribution in [0.2, 0.25) is 0 Å². The van der Waals surface area contributed by atoms with Crippen molar-refractivity contribution in [3.63, 3.8) is 0 Å². The molecule has 0 saturated carbocycles. The lowest BCUT2D eigenvalue weighted by atomic mass is 9.95. The molecular weight excluding hydrogens is 469 g/mol. The summed E-state index contributed by atoms with van der Waals surface area (Å²) in [6.07, 6.45) is 6.33. The fourth-order valence-electron chi connectivity index (χ4n) is 4.61. The number of nitrogens with zero attached hydrogens (tertiary/aromatic N) is 4. The average Bonchev–Trinajstić information content (AvgIpc) is 3.38. The normalized spacial score (nSPS) is 13.9. The Bertz CT molecular complexity index is 1390. The fraction of sp³-hybridized carbons (Fsp3) is 0.241. The molecule has 0 aliphatic carbocycles. The van der Waals surface area contributed by atoms with Gasteiger partial charge in [-0.15, -0.1) is 0 Å². The average molecular weight is 498 g/mol. The van der Waals surface area contributed by atoms with Crippen molar-refractivity contribution in [3.8, 4) is 16.9 Å². The maximum absolute atomic E-state index is 13.7. The molecule has 7 nitrogen and oxygen atoms in total. The van der Waals surface area contributed by atoms with E-state index in [0.717, 1.165) is 16.7 Å². The van der Waals surface area contributed by atoms with Crippen molar-refractivity contribution in [2.45, 2.75) is 26.3 Å². The Kier molecular flexibility index (Phi) is 7.07.